The van der Waals surface area contributed by atoms with Gasteiger partial charge in [0.1, 0.15) is 0 Å². The third kappa shape index (κ3) is 7.14. The highest BCUT2D eigenvalue weighted by molar-refractivity contribution is 7.89. The number of rotatable bonds is 10. The molecule has 1 aliphatic rings. The number of allylic oxidation sites excluding steroid dienone is 1. The topological polar surface area (TPSA) is 99.6 Å². The Morgan fingerprint density at radius 3 is 2.74 bits per heavy atom. The van der Waals surface area contributed by atoms with Gasteiger partial charge in [-0.25, -0.2) is 13.1 Å². The molecule has 0 bridgehead atoms. The maximum absolute atomic E-state index is 12.8. The Morgan fingerprint density at radius 1 is 1.29 bits per heavy atom. The molecular formula is C22H26ClN3O4S. The Hall–Kier alpha value is -2.26. The first-order chi connectivity index (χ1) is 14.8. The largest absolute Gasteiger partial charge is 0.481 e. The number of hydrogen-bond donors (Lipinski definition) is 2. The molecular weight excluding hydrogens is 438 g/mol. The van der Waals surface area contributed by atoms with Crippen LogP contribution < -0.4 is 4.72 Å². The van der Waals surface area contributed by atoms with Crippen molar-refractivity contribution >= 4 is 27.6 Å². The van der Waals surface area contributed by atoms with Crippen molar-refractivity contribution in [1.82, 2.24) is 14.6 Å². The van der Waals surface area contributed by atoms with E-state index in [9.17, 15) is 13.2 Å². The minimum atomic E-state index is -3.66. The number of likely N-dealkylation sites (tertiary alicyclic amines) is 1. The van der Waals surface area contributed by atoms with Crippen LogP contribution in [0.25, 0.3) is 0 Å². The number of sulfonamides is 1. The molecule has 1 aromatic carbocycles. The van der Waals surface area contributed by atoms with Crippen LogP contribution in [0, 0.1) is 0 Å². The van der Waals surface area contributed by atoms with Crippen LogP contribution in [0.4, 0.5) is 0 Å². The summed E-state index contributed by atoms with van der Waals surface area (Å²) in [5.41, 5.74) is 1.05. The monoisotopic (exact) mass is 463 g/mol. The number of aliphatic carboxylic acids is 1. The summed E-state index contributed by atoms with van der Waals surface area (Å²) in [7, 11) is -3.66. The maximum Gasteiger partial charge on any atom is 0.303 e. The summed E-state index contributed by atoms with van der Waals surface area (Å²) in [5, 5.41) is 9.25. The van der Waals surface area contributed by atoms with Crippen molar-refractivity contribution in [2.75, 3.05) is 6.54 Å². The van der Waals surface area contributed by atoms with Crippen LogP contribution in [0.15, 0.2) is 65.8 Å². The number of nitrogens with one attached hydrogen (secondary N) is 1. The molecule has 1 fully saturated rings. The zero-order chi connectivity index (χ0) is 22.3. The number of nitrogens with zero attached hydrogens (tertiary/aromatic N) is 2. The lowest BCUT2D eigenvalue weighted by molar-refractivity contribution is -0.137. The van der Waals surface area contributed by atoms with Gasteiger partial charge in [-0.1, -0.05) is 29.8 Å². The van der Waals surface area contributed by atoms with E-state index in [0.717, 1.165) is 5.56 Å². The molecule has 1 aliphatic heterocycles. The molecule has 2 N–H and O–H groups in total. The smallest absolute Gasteiger partial charge is 0.303 e. The van der Waals surface area contributed by atoms with Crippen LogP contribution in [-0.4, -0.2) is 48.0 Å². The summed E-state index contributed by atoms with van der Waals surface area (Å²) in [5.74, 6) is -0.802. The summed E-state index contributed by atoms with van der Waals surface area (Å²) >= 11 is 5.87. The summed E-state index contributed by atoms with van der Waals surface area (Å²) in [6.45, 7) is 1.21. The van der Waals surface area contributed by atoms with Crippen LogP contribution in [0.2, 0.25) is 5.02 Å². The molecule has 9 heteroatoms. The average Bonchev–Trinajstić information content (AvgIpc) is 3.08. The molecule has 0 saturated carbocycles. The number of carbonyl (C=O) groups is 1. The van der Waals surface area contributed by atoms with Gasteiger partial charge in [-0.3, -0.25) is 14.7 Å². The minimum Gasteiger partial charge on any atom is -0.481 e. The van der Waals surface area contributed by atoms with Crippen molar-refractivity contribution in [3.8, 4) is 0 Å². The molecule has 0 amide bonds. The van der Waals surface area contributed by atoms with Crippen molar-refractivity contribution in [1.29, 1.82) is 0 Å². The van der Waals surface area contributed by atoms with Gasteiger partial charge in [-0.2, -0.15) is 0 Å². The fraction of sp³-hybridized carbons (Fsp3) is 0.364. The predicted molar refractivity (Wildman–Crippen MR) is 119 cm³/mol. The highest BCUT2D eigenvalue weighted by Crippen LogP contribution is 2.24. The second-order valence-corrected chi connectivity index (χ2v) is 9.73. The normalized spacial score (nSPS) is 19.8. The summed E-state index contributed by atoms with van der Waals surface area (Å²) in [4.78, 5) is 17.2. The van der Waals surface area contributed by atoms with Crippen molar-refractivity contribution in [3.05, 3.63) is 71.5 Å². The molecule has 0 unspecified atom stereocenters. The third-order valence-electron chi connectivity index (χ3n) is 5.12. The lowest BCUT2D eigenvalue weighted by Crippen LogP contribution is -2.37. The molecule has 0 radical (unpaired) electrons. The molecule has 2 aromatic rings. The quantitative estimate of drug-likeness (QED) is 0.413. The van der Waals surface area contributed by atoms with Gasteiger partial charge < -0.3 is 5.11 Å². The van der Waals surface area contributed by atoms with Gasteiger partial charge in [-0.05, 0) is 55.2 Å². The van der Waals surface area contributed by atoms with Crippen LogP contribution in [0.1, 0.15) is 31.2 Å². The van der Waals surface area contributed by atoms with Gasteiger partial charge in [0.05, 0.1) is 4.90 Å². The standard InChI is InChI=1S/C22H26ClN3O4S/c23-18-8-10-21(11-9-18)31(29,30)25-19-13-20(6-2-1-3-7-22(27)28)26(16-19)15-17-5-4-12-24-14-17/h2,4-6,8-12,14,19-20,25H,1,3,7,13,15-16H2,(H,27,28)/b6-2-/t19-,20-/m0/s1. The average molecular weight is 464 g/mol. The number of pyridine rings is 1. The van der Waals surface area contributed by atoms with Crippen LogP contribution in [0.3, 0.4) is 0 Å². The van der Waals surface area contributed by atoms with Gasteiger partial charge in [0, 0.05) is 49.0 Å². The summed E-state index contributed by atoms with van der Waals surface area (Å²) < 4.78 is 28.4. The van der Waals surface area contributed by atoms with E-state index in [1.54, 1.807) is 24.5 Å². The van der Waals surface area contributed by atoms with Gasteiger partial charge in [0.2, 0.25) is 10.0 Å². The molecule has 1 saturated heterocycles. The van der Waals surface area contributed by atoms with E-state index < -0.39 is 16.0 Å². The number of aromatic nitrogens is 1. The van der Waals surface area contributed by atoms with Crippen molar-refractivity contribution < 1.29 is 18.3 Å². The second kappa shape index (κ2) is 10.9. The molecule has 2 atom stereocenters. The molecule has 0 aliphatic carbocycles. The zero-order valence-corrected chi connectivity index (χ0v) is 18.6. The summed E-state index contributed by atoms with van der Waals surface area (Å²) in [6.07, 6.45) is 9.57. The van der Waals surface area contributed by atoms with Crippen LogP contribution >= 0.6 is 11.6 Å². The number of unbranched alkanes of at least 4 members (excludes halogenated alkanes) is 1. The highest BCUT2D eigenvalue weighted by atomic mass is 35.5. The molecule has 2 heterocycles. The Labute approximate surface area is 187 Å². The van der Waals surface area contributed by atoms with E-state index >= 15 is 0 Å². The fourth-order valence-electron chi connectivity index (χ4n) is 3.65. The highest BCUT2D eigenvalue weighted by Gasteiger charge is 2.33. The van der Waals surface area contributed by atoms with E-state index in [4.69, 9.17) is 16.7 Å². The number of carboxylic acid groups (broad SMARTS) is 1. The first-order valence-electron chi connectivity index (χ1n) is 10.1. The molecule has 1 aromatic heterocycles. The number of benzene rings is 1. The van der Waals surface area contributed by atoms with Gasteiger partial charge in [-0.15, -0.1) is 0 Å². The number of hydrogen-bond acceptors (Lipinski definition) is 5. The Bertz CT molecular complexity index is 997. The van der Waals surface area contributed by atoms with E-state index in [1.165, 1.54) is 12.1 Å². The number of halogens is 1. The van der Waals surface area contributed by atoms with E-state index in [1.807, 2.05) is 18.2 Å². The first kappa shape index (κ1) is 23.4. The Balaban J connectivity index is 1.68. The maximum atomic E-state index is 12.8. The van der Waals surface area contributed by atoms with Crippen molar-refractivity contribution in [2.45, 2.75) is 49.2 Å². The Morgan fingerprint density at radius 2 is 2.06 bits per heavy atom. The van der Waals surface area contributed by atoms with Gasteiger partial charge in [0.15, 0.2) is 0 Å². The number of carboxylic acids is 1. The fourth-order valence-corrected chi connectivity index (χ4v) is 5.02. The van der Waals surface area contributed by atoms with Gasteiger partial charge in [0.25, 0.3) is 0 Å². The lowest BCUT2D eigenvalue weighted by Gasteiger charge is -2.21. The van der Waals surface area contributed by atoms with E-state index in [-0.39, 0.29) is 23.4 Å². The minimum absolute atomic E-state index is 0.0444. The van der Waals surface area contributed by atoms with Crippen molar-refractivity contribution in [3.63, 3.8) is 0 Å². The molecule has 0 spiro atoms. The van der Waals surface area contributed by atoms with Crippen molar-refractivity contribution in [2.24, 2.45) is 0 Å². The van der Waals surface area contributed by atoms with E-state index in [0.29, 0.717) is 37.4 Å². The lowest BCUT2D eigenvalue weighted by atomic mass is 10.1. The molecule has 7 nitrogen and oxygen atoms in total. The van der Waals surface area contributed by atoms with Gasteiger partial charge >= 0.3 is 5.97 Å². The zero-order valence-electron chi connectivity index (χ0n) is 17.0. The molecule has 31 heavy (non-hydrogen) atoms. The first-order valence-corrected chi connectivity index (χ1v) is 12.0. The second-order valence-electron chi connectivity index (χ2n) is 7.58. The summed E-state index contributed by atoms with van der Waals surface area (Å²) in [6, 6.07) is 9.77. The van der Waals surface area contributed by atoms with E-state index in [2.05, 4.69) is 20.7 Å². The van der Waals surface area contributed by atoms with Crippen LogP contribution in [-0.2, 0) is 21.4 Å². The molecule has 3 rings (SSSR count). The van der Waals surface area contributed by atoms with Crippen LogP contribution in [0.5, 0.6) is 0 Å². The Kier molecular flexibility index (Phi) is 8.20. The predicted octanol–water partition coefficient (Wildman–Crippen LogP) is 3.47. The molecule has 166 valence electrons. The SMILES string of the molecule is O=C(O)CCC/C=C\[C@H]1C[C@H](NS(=O)(=O)c2ccc(Cl)cc2)CN1Cc1cccnc1. The third-order valence-corrected chi connectivity index (χ3v) is 6.91.